The second kappa shape index (κ2) is 9.48. The Labute approximate surface area is 165 Å². The third-order valence-corrected chi connectivity index (χ3v) is 4.92. The molecule has 0 unspecified atom stereocenters. The van der Waals surface area contributed by atoms with Crippen LogP contribution in [0, 0.1) is 0 Å². The van der Waals surface area contributed by atoms with Crippen LogP contribution < -0.4 is 16.0 Å². The minimum Gasteiger partial charge on any atom is -0.364 e. The first kappa shape index (κ1) is 20.0. The lowest BCUT2D eigenvalue weighted by atomic mass is 10.1. The minimum atomic E-state index is -0.446. The van der Waals surface area contributed by atoms with Gasteiger partial charge in [0.25, 0.3) is 5.91 Å². The molecule has 2 aromatic carbocycles. The fraction of sp³-hybridized carbons (Fsp3) is 0.364. The van der Waals surface area contributed by atoms with Gasteiger partial charge in [-0.15, -0.1) is 0 Å². The highest BCUT2D eigenvalue weighted by atomic mass is 16.5. The topological polar surface area (TPSA) is 84.7 Å². The van der Waals surface area contributed by atoms with E-state index in [2.05, 4.69) is 5.32 Å². The largest absolute Gasteiger partial charge is 0.364 e. The van der Waals surface area contributed by atoms with Crippen molar-refractivity contribution in [1.29, 1.82) is 0 Å². The number of nitrogens with one attached hydrogen (secondary N) is 1. The second-order valence-corrected chi connectivity index (χ2v) is 6.90. The van der Waals surface area contributed by atoms with Gasteiger partial charge >= 0.3 is 0 Å². The Balaban J connectivity index is 1.57. The van der Waals surface area contributed by atoms with Crippen LogP contribution in [0.4, 0.5) is 11.4 Å². The van der Waals surface area contributed by atoms with E-state index < -0.39 is 6.10 Å². The molecule has 1 aliphatic rings. The molecule has 28 heavy (non-hydrogen) atoms. The summed E-state index contributed by atoms with van der Waals surface area (Å²) in [5.74, 6) is -0.112. The number of ether oxygens (including phenoxy) is 1. The number of benzene rings is 2. The Morgan fingerprint density at radius 1 is 1.11 bits per heavy atom. The maximum atomic E-state index is 12.7. The van der Waals surface area contributed by atoms with E-state index in [4.69, 9.17) is 10.5 Å². The fourth-order valence-electron chi connectivity index (χ4n) is 3.38. The van der Waals surface area contributed by atoms with Gasteiger partial charge in [0.2, 0.25) is 5.91 Å². The van der Waals surface area contributed by atoms with Crippen LogP contribution >= 0.6 is 0 Å². The molecule has 2 amide bonds. The molecular weight excluding hydrogens is 354 g/mol. The lowest BCUT2D eigenvalue weighted by Gasteiger charge is -2.21. The first-order valence-corrected chi connectivity index (χ1v) is 9.71. The summed E-state index contributed by atoms with van der Waals surface area (Å²) in [6.07, 6.45) is 1.33. The van der Waals surface area contributed by atoms with E-state index in [9.17, 15) is 9.59 Å². The molecule has 0 spiro atoms. The number of nitrogens with zero attached hydrogens (tertiary/aromatic N) is 1. The summed E-state index contributed by atoms with van der Waals surface area (Å²) in [6.45, 7) is 3.01. The molecule has 1 saturated heterocycles. The van der Waals surface area contributed by atoms with Crippen molar-refractivity contribution in [2.24, 2.45) is 5.73 Å². The Hall–Kier alpha value is -2.70. The van der Waals surface area contributed by atoms with Crippen LogP contribution in [-0.4, -0.2) is 37.1 Å². The van der Waals surface area contributed by atoms with Crippen molar-refractivity contribution in [2.45, 2.75) is 38.4 Å². The van der Waals surface area contributed by atoms with Crippen LogP contribution in [0.1, 0.15) is 25.3 Å². The minimum absolute atomic E-state index is 0.0322. The number of para-hydroxylation sites is 1. The summed E-state index contributed by atoms with van der Waals surface area (Å²) in [5, 5.41) is 2.87. The summed E-state index contributed by atoms with van der Waals surface area (Å²) in [4.78, 5) is 26.7. The molecule has 0 bridgehead atoms. The van der Waals surface area contributed by atoms with Gasteiger partial charge in [-0.05, 0) is 49.6 Å². The predicted octanol–water partition coefficient (Wildman–Crippen LogP) is 2.73. The smallest absolute Gasteiger partial charge is 0.253 e. The van der Waals surface area contributed by atoms with E-state index in [0.717, 1.165) is 17.7 Å². The van der Waals surface area contributed by atoms with Crippen LogP contribution in [0.15, 0.2) is 54.6 Å². The number of carbonyl (C=O) groups excluding carboxylic acids is 2. The van der Waals surface area contributed by atoms with Crippen LogP contribution in [-0.2, 0) is 20.7 Å². The number of likely N-dealkylation sites (N-methyl/N-ethyl adjacent to an activating group) is 1. The molecule has 2 aromatic rings. The maximum Gasteiger partial charge on any atom is 0.253 e. The monoisotopic (exact) mass is 381 g/mol. The SMILES string of the molecule is CCN(C(=O)Cc1ccc(NC(=O)[C@@H]2CC[C@H](CN)O2)cc1)c1ccccc1. The van der Waals surface area contributed by atoms with Gasteiger partial charge in [0.15, 0.2) is 0 Å². The van der Waals surface area contributed by atoms with Gasteiger partial charge in [-0.1, -0.05) is 30.3 Å². The molecule has 6 heteroatoms. The van der Waals surface area contributed by atoms with Crippen LogP contribution in [0.3, 0.4) is 0 Å². The van der Waals surface area contributed by atoms with E-state index in [1.165, 1.54) is 0 Å². The summed E-state index contributed by atoms with van der Waals surface area (Å²) in [7, 11) is 0. The summed E-state index contributed by atoms with van der Waals surface area (Å²) in [6, 6.07) is 17.0. The number of hydrogen-bond acceptors (Lipinski definition) is 4. The molecule has 3 rings (SSSR count). The molecule has 2 atom stereocenters. The van der Waals surface area contributed by atoms with Crippen LogP contribution in [0.5, 0.6) is 0 Å². The molecule has 0 saturated carbocycles. The molecule has 1 fully saturated rings. The van der Waals surface area contributed by atoms with E-state index in [1.54, 1.807) is 4.90 Å². The molecule has 148 valence electrons. The molecule has 0 aromatic heterocycles. The number of nitrogens with two attached hydrogens (primary N) is 1. The standard InChI is InChI=1S/C22H27N3O3/c1-2-25(18-6-4-3-5-7-18)21(26)14-16-8-10-17(11-9-16)24-22(27)20-13-12-19(15-23)28-20/h3-11,19-20H,2,12-15,23H2,1H3,(H,24,27)/t19-,20+/m1/s1. The summed E-state index contributed by atoms with van der Waals surface area (Å²) >= 11 is 0. The van der Waals surface area contributed by atoms with Crippen LogP contribution in [0.2, 0.25) is 0 Å². The van der Waals surface area contributed by atoms with E-state index in [0.29, 0.717) is 31.6 Å². The van der Waals surface area contributed by atoms with Crippen LogP contribution in [0.25, 0.3) is 0 Å². The van der Waals surface area contributed by atoms with Crippen molar-refractivity contribution in [1.82, 2.24) is 0 Å². The number of rotatable bonds is 7. The van der Waals surface area contributed by atoms with Crippen molar-refractivity contribution in [3.05, 3.63) is 60.2 Å². The zero-order chi connectivity index (χ0) is 19.9. The van der Waals surface area contributed by atoms with E-state index >= 15 is 0 Å². The van der Waals surface area contributed by atoms with Crippen molar-refractivity contribution in [3.63, 3.8) is 0 Å². The van der Waals surface area contributed by atoms with Gasteiger partial charge < -0.3 is 20.7 Å². The lowest BCUT2D eigenvalue weighted by molar-refractivity contribution is -0.126. The highest BCUT2D eigenvalue weighted by molar-refractivity contribution is 5.95. The van der Waals surface area contributed by atoms with E-state index in [-0.39, 0.29) is 17.9 Å². The third-order valence-electron chi connectivity index (χ3n) is 4.92. The zero-order valence-corrected chi connectivity index (χ0v) is 16.1. The van der Waals surface area contributed by atoms with Gasteiger partial charge in [-0.25, -0.2) is 0 Å². The average Bonchev–Trinajstić information content (AvgIpc) is 3.20. The molecule has 1 heterocycles. The Bertz CT molecular complexity index is 792. The van der Waals surface area contributed by atoms with Gasteiger partial charge in [-0.3, -0.25) is 9.59 Å². The first-order valence-electron chi connectivity index (χ1n) is 9.71. The summed E-state index contributed by atoms with van der Waals surface area (Å²) in [5.41, 5.74) is 8.07. The Morgan fingerprint density at radius 2 is 1.82 bits per heavy atom. The average molecular weight is 381 g/mol. The predicted molar refractivity (Wildman–Crippen MR) is 110 cm³/mol. The molecule has 0 aliphatic carbocycles. The normalized spacial score (nSPS) is 18.6. The summed E-state index contributed by atoms with van der Waals surface area (Å²) < 4.78 is 5.61. The van der Waals surface area contributed by atoms with Gasteiger partial charge in [-0.2, -0.15) is 0 Å². The van der Waals surface area contributed by atoms with Gasteiger partial charge in [0, 0.05) is 24.5 Å². The number of anilines is 2. The second-order valence-electron chi connectivity index (χ2n) is 6.90. The number of hydrogen-bond donors (Lipinski definition) is 2. The first-order chi connectivity index (χ1) is 13.6. The molecule has 3 N–H and O–H groups in total. The highest BCUT2D eigenvalue weighted by Crippen LogP contribution is 2.21. The highest BCUT2D eigenvalue weighted by Gasteiger charge is 2.29. The Kier molecular flexibility index (Phi) is 6.79. The van der Waals surface area contributed by atoms with E-state index in [1.807, 2.05) is 61.5 Å². The quantitative estimate of drug-likeness (QED) is 0.772. The van der Waals surface area contributed by atoms with Crippen molar-refractivity contribution < 1.29 is 14.3 Å². The maximum absolute atomic E-state index is 12.7. The molecule has 6 nitrogen and oxygen atoms in total. The number of amides is 2. The van der Waals surface area contributed by atoms with Gasteiger partial charge in [0.05, 0.1) is 12.5 Å². The molecule has 0 radical (unpaired) electrons. The molecule has 1 aliphatic heterocycles. The fourth-order valence-corrected chi connectivity index (χ4v) is 3.38. The third kappa shape index (κ3) is 4.97. The van der Waals surface area contributed by atoms with Crippen molar-refractivity contribution in [3.8, 4) is 0 Å². The number of carbonyl (C=O) groups is 2. The molecular formula is C22H27N3O3. The Morgan fingerprint density at radius 3 is 2.43 bits per heavy atom. The zero-order valence-electron chi connectivity index (χ0n) is 16.1. The lowest BCUT2D eigenvalue weighted by Crippen LogP contribution is -2.32. The van der Waals surface area contributed by atoms with Crippen molar-refractivity contribution >= 4 is 23.2 Å². The van der Waals surface area contributed by atoms with Gasteiger partial charge in [0.1, 0.15) is 6.10 Å². The van der Waals surface area contributed by atoms with Crippen molar-refractivity contribution in [2.75, 3.05) is 23.3 Å².